The van der Waals surface area contributed by atoms with E-state index in [1.54, 1.807) is 6.07 Å². The van der Waals surface area contributed by atoms with Crippen LogP contribution < -0.4 is 5.32 Å². The largest absolute Gasteiger partial charge is 0.351 e. The molecule has 0 saturated carbocycles. The van der Waals surface area contributed by atoms with Crippen molar-refractivity contribution < 1.29 is 9.18 Å². The fourth-order valence-electron chi connectivity index (χ4n) is 3.78. The van der Waals surface area contributed by atoms with E-state index in [4.69, 9.17) is 0 Å². The lowest BCUT2D eigenvalue weighted by Gasteiger charge is -2.18. The number of hydrogen-bond acceptors (Lipinski definition) is 2. The van der Waals surface area contributed by atoms with Gasteiger partial charge in [-0.3, -0.25) is 4.79 Å². The van der Waals surface area contributed by atoms with Crippen molar-refractivity contribution in [3.63, 3.8) is 0 Å². The van der Waals surface area contributed by atoms with Crippen molar-refractivity contribution in [2.45, 2.75) is 19.3 Å². The average Bonchev–Trinajstić information content (AvgIpc) is 3.10. The molecule has 29 heavy (non-hydrogen) atoms. The van der Waals surface area contributed by atoms with Gasteiger partial charge in [-0.15, -0.1) is 11.3 Å². The lowest BCUT2D eigenvalue weighted by atomic mass is 9.88. The van der Waals surface area contributed by atoms with Gasteiger partial charge < -0.3 is 5.32 Å². The smallest absolute Gasteiger partial charge is 0.261 e. The SMILES string of the molecule is Cc1c(C(=O)NCCC(c2ccccc2)c2ccccc2)sc2cccc(F)c12. The molecule has 2 nitrogen and oxygen atoms in total. The van der Waals surface area contributed by atoms with Crippen LogP contribution in [0.2, 0.25) is 0 Å². The molecule has 0 spiro atoms. The first kappa shape index (κ1) is 19.3. The second kappa shape index (κ2) is 8.58. The highest BCUT2D eigenvalue weighted by atomic mass is 32.1. The van der Waals surface area contributed by atoms with Gasteiger partial charge in [0.15, 0.2) is 0 Å². The van der Waals surface area contributed by atoms with Crippen molar-refractivity contribution >= 4 is 27.3 Å². The summed E-state index contributed by atoms with van der Waals surface area (Å²) in [6.07, 6.45) is 0.790. The van der Waals surface area contributed by atoms with E-state index >= 15 is 0 Å². The monoisotopic (exact) mass is 403 g/mol. The van der Waals surface area contributed by atoms with Crippen LogP contribution in [0, 0.1) is 12.7 Å². The van der Waals surface area contributed by atoms with Crippen LogP contribution in [0.1, 0.15) is 38.7 Å². The van der Waals surface area contributed by atoms with Gasteiger partial charge in [-0.1, -0.05) is 66.7 Å². The number of carbonyl (C=O) groups is 1. The van der Waals surface area contributed by atoms with Crippen LogP contribution in [0.15, 0.2) is 78.9 Å². The quantitative estimate of drug-likeness (QED) is 0.402. The number of amides is 1. The van der Waals surface area contributed by atoms with Crippen molar-refractivity contribution in [1.29, 1.82) is 0 Å². The second-order valence-corrected chi connectivity index (χ2v) is 8.14. The fraction of sp³-hybridized carbons (Fsp3) is 0.160. The summed E-state index contributed by atoms with van der Waals surface area (Å²) in [5.74, 6) is -0.204. The first-order valence-corrected chi connectivity index (χ1v) is 10.5. The molecule has 0 saturated heterocycles. The van der Waals surface area contributed by atoms with Crippen LogP contribution in [-0.2, 0) is 0 Å². The number of halogens is 1. The molecule has 4 aromatic rings. The molecule has 0 aliphatic carbocycles. The van der Waals surface area contributed by atoms with E-state index in [1.807, 2.05) is 49.4 Å². The Labute approximate surface area is 174 Å². The minimum atomic E-state index is -0.275. The van der Waals surface area contributed by atoms with Crippen LogP contribution in [-0.4, -0.2) is 12.5 Å². The van der Waals surface area contributed by atoms with Gasteiger partial charge in [0, 0.05) is 22.5 Å². The molecular formula is C25H22FNOS. The number of hydrogen-bond donors (Lipinski definition) is 1. The summed E-state index contributed by atoms with van der Waals surface area (Å²) in [5, 5.41) is 3.59. The molecule has 0 bridgehead atoms. The summed E-state index contributed by atoms with van der Waals surface area (Å²) in [5.41, 5.74) is 3.17. The van der Waals surface area contributed by atoms with E-state index < -0.39 is 0 Å². The lowest BCUT2D eigenvalue weighted by molar-refractivity contribution is 0.0956. The van der Waals surface area contributed by atoms with Crippen molar-refractivity contribution in [3.8, 4) is 0 Å². The van der Waals surface area contributed by atoms with Gasteiger partial charge >= 0.3 is 0 Å². The zero-order chi connectivity index (χ0) is 20.2. The van der Waals surface area contributed by atoms with Crippen molar-refractivity contribution in [2.24, 2.45) is 0 Å². The van der Waals surface area contributed by atoms with E-state index in [0.29, 0.717) is 22.4 Å². The Morgan fingerprint density at radius 1 is 0.931 bits per heavy atom. The topological polar surface area (TPSA) is 29.1 Å². The third kappa shape index (κ3) is 4.08. The van der Waals surface area contributed by atoms with Gasteiger partial charge in [-0.2, -0.15) is 0 Å². The molecule has 1 amide bonds. The van der Waals surface area contributed by atoms with Crippen molar-refractivity contribution in [3.05, 3.63) is 106 Å². The number of thiophene rings is 1. The number of aryl methyl sites for hydroxylation is 1. The first-order valence-electron chi connectivity index (χ1n) is 9.71. The summed E-state index contributed by atoms with van der Waals surface area (Å²) in [4.78, 5) is 13.4. The van der Waals surface area contributed by atoms with Crippen LogP contribution in [0.4, 0.5) is 4.39 Å². The normalized spacial score (nSPS) is 11.1. The third-order valence-electron chi connectivity index (χ3n) is 5.23. The molecule has 0 radical (unpaired) electrons. The Morgan fingerprint density at radius 2 is 1.55 bits per heavy atom. The molecule has 3 aromatic carbocycles. The summed E-state index contributed by atoms with van der Waals surface area (Å²) < 4.78 is 14.9. The van der Waals surface area contributed by atoms with Crippen LogP contribution in [0.25, 0.3) is 10.1 Å². The highest BCUT2D eigenvalue weighted by Crippen LogP contribution is 2.32. The van der Waals surface area contributed by atoms with E-state index in [1.165, 1.54) is 28.5 Å². The summed E-state index contributed by atoms with van der Waals surface area (Å²) in [6, 6.07) is 25.7. The van der Waals surface area contributed by atoms with Gasteiger partial charge in [0.25, 0.3) is 5.91 Å². The predicted octanol–water partition coefficient (Wildman–Crippen LogP) is 6.30. The molecule has 1 N–H and O–H groups in total. The maximum Gasteiger partial charge on any atom is 0.261 e. The third-order valence-corrected chi connectivity index (χ3v) is 6.49. The van der Waals surface area contributed by atoms with Crippen molar-refractivity contribution in [1.82, 2.24) is 5.32 Å². The van der Waals surface area contributed by atoms with Gasteiger partial charge in [0.1, 0.15) is 5.82 Å². The number of fused-ring (bicyclic) bond motifs is 1. The standard InChI is InChI=1S/C25H22FNOS/c1-17-23-21(26)13-8-14-22(23)29-24(17)25(28)27-16-15-20(18-9-4-2-5-10-18)19-11-6-3-7-12-19/h2-14,20H,15-16H2,1H3,(H,27,28). The molecule has 1 aromatic heterocycles. The first-order chi connectivity index (χ1) is 14.1. The van der Waals surface area contributed by atoms with Crippen LogP contribution in [0.5, 0.6) is 0 Å². The summed E-state index contributed by atoms with van der Waals surface area (Å²) in [6.45, 7) is 2.36. The maximum atomic E-state index is 14.1. The molecular weight excluding hydrogens is 381 g/mol. The predicted molar refractivity (Wildman–Crippen MR) is 118 cm³/mol. The Balaban J connectivity index is 1.50. The van der Waals surface area contributed by atoms with E-state index in [0.717, 1.165) is 11.1 Å². The molecule has 0 unspecified atom stereocenters. The molecule has 4 rings (SSSR count). The Hall–Kier alpha value is -2.98. The van der Waals surface area contributed by atoms with Crippen LogP contribution >= 0.6 is 11.3 Å². The minimum Gasteiger partial charge on any atom is -0.351 e. The van der Waals surface area contributed by atoms with Gasteiger partial charge in [-0.25, -0.2) is 4.39 Å². The zero-order valence-electron chi connectivity index (χ0n) is 16.2. The molecule has 0 aliphatic rings. The maximum absolute atomic E-state index is 14.1. The number of rotatable bonds is 6. The second-order valence-electron chi connectivity index (χ2n) is 7.09. The van der Waals surface area contributed by atoms with Gasteiger partial charge in [-0.05, 0) is 42.2 Å². The van der Waals surface area contributed by atoms with E-state index in [2.05, 4.69) is 29.6 Å². The van der Waals surface area contributed by atoms with Crippen molar-refractivity contribution in [2.75, 3.05) is 6.54 Å². The molecule has 0 aliphatic heterocycles. The number of nitrogens with one attached hydrogen (secondary N) is 1. The van der Waals surface area contributed by atoms with E-state index in [9.17, 15) is 9.18 Å². The average molecular weight is 404 g/mol. The highest BCUT2D eigenvalue weighted by molar-refractivity contribution is 7.21. The lowest BCUT2D eigenvalue weighted by Crippen LogP contribution is -2.25. The Bertz CT molecular complexity index is 1080. The van der Waals surface area contributed by atoms with Crippen LogP contribution in [0.3, 0.4) is 0 Å². The molecule has 0 atom stereocenters. The number of benzene rings is 3. The molecule has 146 valence electrons. The van der Waals surface area contributed by atoms with Gasteiger partial charge in [0.2, 0.25) is 0 Å². The van der Waals surface area contributed by atoms with Gasteiger partial charge in [0.05, 0.1) is 4.88 Å². The summed E-state index contributed by atoms with van der Waals surface area (Å²) in [7, 11) is 0. The number of carbonyl (C=O) groups excluding carboxylic acids is 1. The Kier molecular flexibility index (Phi) is 5.72. The summed E-state index contributed by atoms with van der Waals surface area (Å²) >= 11 is 1.35. The fourth-order valence-corrected chi connectivity index (χ4v) is 4.92. The Morgan fingerprint density at radius 3 is 2.14 bits per heavy atom. The molecule has 4 heteroatoms. The molecule has 0 fully saturated rings. The molecule has 1 heterocycles. The van der Waals surface area contributed by atoms with E-state index in [-0.39, 0.29) is 17.6 Å². The highest BCUT2D eigenvalue weighted by Gasteiger charge is 2.19. The minimum absolute atomic E-state index is 0.136. The zero-order valence-corrected chi connectivity index (χ0v) is 17.0.